The van der Waals surface area contributed by atoms with Crippen molar-refractivity contribution in [2.75, 3.05) is 92.0 Å². The Labute approximate surface area is 763 Å². The van der Waals surface area contributed by atoms with Crippen LogP contribution in [0, 0.1) is 0 Å². The van der Waals surface area contributed by atoms with Crippen molar-refractivity contribution in [3.63, 3.8) is 0 Å². The molecular formula is C72H112O48S8. The van der Waals surface area contributed by atoms with E-state index in [4.69, 9.17) is 75.8 Å². The van der Waals surface area contributed by atoms with Crippen molar-refractivity contribution in [3.05, 3.63) is 0 Å². The molecule has 56 heteroatoms. The van der Waals surface area contributed by atoms with Crippen LogP contribution in [0.15, 0.2) is 0 Å². The second-order valence-corrected chi connectivity index (χ2v) is 39.9. The number of carboxylic acid groups (broad SMARTS) is 8. The van der Waals surface area contributed by atoms with Crippen LogP contribution in [0.25, 0.3) is 0 Å². The van der Waals surface area contributed by atoms with E-state index in [9.17, 15) is 161 Å². The maximum Gasteiger partial charge on any atom is 0.304 e. The first-order valence-corrected chi connectivity index (χ1v) is 49.7. The van der Waals surface area contributed by atoms with Gasteiger partial charge in [-0.2, -0.15) is 94.1 Å². The highest BCUT2D eigenvalue weighted by Gasteiger charge is 2.61. The number of carbonyl (C=O) groups is 8. The van der Waals surface area contributed by atoms with E-state index in [0.717, 1.165) is 94.1 Å². The molecule has 0 aromatic heterocycles. The van der Waals surface area contributed by atoms with Gasteiger partial charge in [0.25, 0.3) is 0 Å². The molecule has 128 heavy (non-hydrogen) atoms. The molecule has 0 aromatic carbocycles. The fraction of sp³-hybridized carbons (Fsp3) is 0.889. The molecule has 30 aliphatic rings. The highest BCUT2D eigenvalue weighted by Crippen LogP contribution is 2.43. The minimum Gasteiger partial charge on any atom is -0.481 e. The topological polar surface area (TPSA) is 770 Å². The molecule has 30 saturated heterocycles. The molecule has 0 radical (unpaired) electrons. The summed E-state index contributed by atoms with van der Waals surface area (Å²) in [4.78, 5) is 94.3. The van der Waals surface area contributed by atoms with E-state index in [1.54, 1.807) is 0 Å². The Bertz CT molecular complexity index is 2830. The SMILES string of the molecule is O=C(O)CCSC[C@@H]1O[C@@H]2O[C@H]3[C@H](O)[C@@H](O)[C@@H](O[C@H]4[C@H](O)[C@@H](O)[C@@H](O[C@H]5[C@H](O)[C@@H](O)[C@@H](O[C@H]6[C@H](O)[C@@H](O)[C@@H](O[C@H]7[C@H](O)[C@H](O)[C@@H](O[C@H]8[C@H](O)[C@@H](O)[C@@H](O[C@H]9[C@H](O)[C@@H](O)[C@@H](O[C@H]1[C@H](O)[C@H]2O)O[C@H]9CSCCC(=O)O)O[C@@H]8CSCCC(=O)O)O[C@@H]7CSCCC(=O)O)O[C@@H]6CSCCC(=O)O)O[C@@H]5CSCCC(=O)O)O[C@@H]4CSCCC(=O)O)O[C@H]3CSCCC(=O)O. The van der Waals surface area contributed by atoms with Crippen LogP contribution >= 0.6 is 94.1 Å². The zero-order valence-corrected chi connectivity index (χ0v) is 74.4. The van der Waals surface area contributed by atoms with Gasteiger partial charge in [0, 0.05) is 92.0 Å². The number of aliphatic hydroxyl groups is 16. The van der Waals surface area contributed by atoms with E-state index < -0.39 is 345 Å². The summed E-state index contributed by atoms with van der Waals surface area (Å²) in [6.45, 7) is 0. The van der Waals surface area contributed by atoms with E-state index in [2.05, 4.69) is 0 Å². The Morgan fingerprint density at radius 3 is 0.336 bits per heavy atom. The van der Waals surface area contributed by atoms with Gasteiger partial charge in [-0.25, -0.2) is 0 Å². The van der Waals surface area contributed by atoms with Crippen molar-refractivity contribution in [1.29, 1.82) is 0 Å². The lowest BCUT2D eigenvalue weighted by Gasteiger charge is -2.51. The second kappa shape index (κ2) is 52.7. The van der Waals surface area contributed by atoms with E-state index in [1.807, 2.05) is 0 Å². The van der Waals surface area contributed by atoms with Crippen molar-refractivity contribution >= 4 is 142 Å². The standard InChI is InChI=1S/C72H112O48S8/c73-33(74)1-9-121-17-25-57-41(89)49(97)65(105-25)114-58-26(18-122-10-2-34(75)76)107-67(51(99)43(58)91)116-60-28(20-124-12-4-36(79)80)109-69(53(101)45(60)93)118-62-30(22-126-14-6-38(83)84)111-71(55(103)47(62)95)120-64-32(24-128-16-8-40(87)88)112-72(56(104)48(64)96)119-63-31(23-127-15-7-39(85)86)110-70(54(102)46(63)94)117-61-29(21-125-13-5-37(81)82)108-68(52(100)44(61)92)115-59-27(19-123-11-3-35(77)78)106-66(113-57)50(98)42(59)90/h25-32,41-72,89-104H,1-24H2,(H,73,74)(H,75,76)(H,77,78)(H,79,80)(H,81,82)(H,83,84)(H,85,86)(H,87,88)/t25-,26-,27-,28-,29-,30+,31+,32+,41-,42-,43-,44-,45-,46-,47-,48-,49-,50-,51+,52-,53-,54-,55-,56-,57-,58-,59-,60-,61-,62-,63-,64-,65-,66-,67-,68-,69-,70-,71-,72-/m1/s1. The molecule has 30 aliphatic heterocycles. The van der Waals surface area contributed by atoms with Crippen LogP contribution in [0.1, 0.15) is 51.4 Å². The van der Waals surface area contributed by atoms with E-state index >= 15 is 0 Å². The predicted octanol–water partition coefficient (Wildman–Crippen LogP) is -7.68. The molecule has 16 bridgehead atoms. The van der Waals surface area contributed by atoms with E-state index in [-0.39, 0.29) is 92.0 Å². The molecule has 0 spiro atoms. The van der Waals surface area contributed by atoms with Gasteiger partial charge in [-0.15, -0.1) is 0 Å². The molecule has 30 heterocycles. The summed E-state index contributed by atoms with van der Waals surface area (Å²) in [5.74, 6) is -14.4. The smallest absolute Gasteiger partial charge is 0.304 e. The first kappa shape index (κ1) is 109. The van der Waals surface area contributed by atoms with Crippen LogP contribution in [0.5, 0.6) is 0 Å². The Kier molecular flexibility index (Phi) is 44.9. The molecule has 0 aromatic rings. The number of aliphatic hydroxyl groups excluding tert-OH is 16. The van der Waals surface area contributed by atoms with Gasteiger partial charge in [-0.05, 0) is 0 Å². The summed E-state index contributed by atoms with van der Waals surface area (Å²) >= 11 is 7.04. The lowest BCUT2D eigenvalue weighted by atomic mass is 9.95. The molecule has 30 fully saturated rings. The maximum absolute atomic E-state index is 12.3. The number of hydrogen-bond donors (Lipinski definition) is 24. The zero-order valence-electron chi connectivity index (χ0n) is 67.9. The fourth-order valence-corrected chi connectivity index (χ4v) is 22.6. The molecule has 24 N–H and O–H groups in total. The van der Waals surface area contributed by atoms with Gasteiger partial charge in [-0.3, -0.25) is 38.4 Å². The van der Waals surface area contributed by atoms with Crippen LogP contribution in [0.2, 0.25) is 0 Å². The Morgan fingerprint density at radius 2 is 0.250 bits per heavy atom. The lowest BCUT2D eigenvalue weighted by Crippen LogP contribution is -2.69. The molecule has 0 amide bonds. The first-order valence-electron chi connectivity index (χ1n) is 40.5. The third kappa shape index (κ3) is 30.6. The van der Waals surface area contributed by atoms with Gasteiger partial charge in [-0.1, -0.05) is 0 Å². The predicted molar refractivity (Wildman–Crippen MR) is 441 cm³/mol. The van der Waals surface area contributed by atoms with E-state index in [0.29, 0.717) is 0 Å². The maximum atomic E-state index is 12.3. The number of thioether (sulfide) groups is 8. The van der Waals surface area contributed by atoms with Gasteiger partial charge >= 0.3 is 47.8 Å². The van der Waals surface area contributed by atoms with Crippen LogP contribution in [-0.4, -0.2) is 508 Å². The quantitative estimate of drug-likeness (QED) is 0.0253. The summed E-state index contributed by atoms with van der Waals surface area (Å²) in [6, 6.07) is 0. The third-order valence-electron chi connectivity index (χ3n) is 21.4. The fourth-order valence-electron chi connectivity index (χ4n) is 14.7. The van der Waals surface area contributed by atoms with Gasteiger partial charge in [0.15, 0.2) is 50.3 Å². The minimum absolute atomic E-state index is 0.159. The Hall–Kier alpha value is -2.72. The van der Waals surface area contributed by atoms with Gasteiger partial charge < -0.3 is 198 Å². The molecule has 30 rings (SSSR count). The molecule has 0 aliphatic carbocycles. The average molecular weight is 2000 g/mol. The molecule has 48 nitrogen and oxygen atoms in total. The lowest BCUT2D eigenvalue weighted by molar-refractivity contribution is -0.396. The number of rotatable bonds is 40. The van der Waals surface area contributed by atoms with Crippen molar-refractivity contribution < 1.29 is 237 Å². The molecule has 40 atom stereocenters. The van der Waals surface area contributed by atoms with Crippen LogP contribution in [-0.2, 0) is 114 Å². The molecular weight excluding hydrogens is 1890 g/mol. The van der Waals surface area contributed by atoms with E-state index in [1.165, 1.54) is 0 Å². The number of carboxylic acids is 8. The number of ether oxygens (including phenoxy) is 16. The Balaban J connectivity index is 1.12. The molecule has 736 valence electrons. The summed E-state index contributed by atoms with van der Waals surface area (Å²) in [6.07, 6.45) is -85.9. The molecule has 0 saturated carbocycles. The largest absolute Gasteiger partial charge is 0.481 e. The van der Waals surface area contributed by atoms with Crippen LogP contribution in [0.3, 0.4) is 0 Å². The summed E-state index contributed by atoms with van der Waals surface area (Å²) in [7, 11) is 0. The Morgan fingerprint density at radius 1 is 0.156 bits per heavy atom. The highest BCUT2D eigenvalue weighted by molar-refractivity contribution is 8.00. The van der Waals surface area contributed by atoms with Gasteiger partial charge in [0.2, 0.25) is 0 Å². The highest BCUT2D eigenvalue weighted by atomic mass is 32.2. The minimum atomic E-state index is -2.33. The first-order chi connectivity index (χ1) is 60.7. The molecule has 0 unspecified atom stereocenters. The third-order valence-corrected chi connectivity index (χ3v) is 29.9. The number of aliphatic carboxylic acids is 8. The normalized spacial score (nSPS) is 41.5. The summed E-state index contributed by atoms with van der Waals surface area (Å²) in [5.41, 5.74) is 0. The monoisotopic (exact) mass is 2000 g/mol. The van der Waals surface area contributed by atoms with Crippen molar-refractivity contribution in [2.24, 2.45) is 0 Å². The van der Waals surface area contributed by atoms with Crippen molar-refractivity contribution in [1.82, 2.24) is 0 Å². The zero-order chi connectivity index (χ0) is 93.7. The number of hydrogen-bond acceptors (Lipinski definition) is 48. The summed E-state index contributed by atoms with van der Waals surface area (Å²) < 4.78 is 100. The van der Waals surface area contributed by atoms with Gasteiger partial charge in [0.05, 0.1) is 100 Å². The average Bonchev–Trinajstić information content (AvgIpc) is 0.766. The summed E-state index contributed by atoms with van der Waals surface area (Å²) in [5, 5.41) is 272. The van der Waals surface area contributed by atoms with Crippen molar-refractivity contribution in [3.8, 4) is 0 Å². The van der Waals surface area contributed by atoms with Crippen molar-refractivity contribution in [2.45, 2.75) is 297 Å². The van der Waals surface area contributed by atoms with Gasteiger partial charge in [0.1, 0.15) is 146 Å². The second-order valence-electron chi connectivity index (χ2n) is 30.7. The van der Waals surface area contributed by atoms with Crippen LogP contribution in [0.4, 0.5) is 0 Å². The van der Waals surface area contributed by atoms with Crippen LogP contribution < -0.4 is 0 Å².